The van der Waals surface area contributed by atoms with E-state index in [4.69, 9.17) is 4.74 Å². The van der Waals surface area contributed by atoms with Gasteiger partial charge in [-0.2, -0.15) is 0 Å². The molecule has 274 valence electrons. The summed E-state index contributed by atoms with van der Waals surface area (Å²) in [7, 11) is 0. The zero-order valence-corrected chi connectivity index (χ0v) is 32.3. The molecule has 0 aliphatic heterocycles. The Morgan fingerprint density at radius 3 is 2.48 bits per heavy atom. The fourth-order valence-corrected chi connectivity index (χ4v) is 11.1. The summed E-state index contributed by atoms with van der Waals surface area (Å²) in [5, 5.41) is 10.2. The zero-order chi connectivity index (χ0) is 34.6. The fourth-order valence-electron chi connectivity index (χ4n) is 11.1. The minimum Gasteiger partial charge on any atom is -0.462 e. The molecule has 4 rings (SSSR count). The summed E-state index contributed by atoms with van der Waals surface area (Å²) >= 11 is 0. The molecule has 0 saturated heterocycles. The van der Waals surface area contributed by atoms with Crippen LogP contribution in [0, 0.1) is 46.3 Å². The molecule has 0 spiro atoms. The second-order valence-electron chi connectivity index (χ2n) is 17.8. The van der Waals surface area contributed by atoms with Crippen molar-refractivity contribution in [3.05, 3.63) is 36.0 Å². The molecule has 4 aliphatic rings. The number of allylic oxidation sites excluding steroid dienone is 4. The van der Waals surface area contributed by atoms with Crippen LogP contribution >= 0.6 is 0 Å². The van der Waals surface area contributed by atoms with Gasteiger partial charge in [0.15, 0.2) is 0 Å². The van der Waals surface area contributed by atoms with E-state index in [1.54, 1.807) is 5.57 Å². The molecule has 0 unspecified atom stereocenters. The average molecular weight is 665 g/mol. The van der Waals surface area contributed by atoms with Crippen molar-refractivity contribution in [2.24, 2.45) is 46.3 Å². The lowest BCUT2D eigenvalue weighted by Crippen LogP contribution is -2.51. The van der Waals surface area contributed by atoms with Gasteiger partial charge in [-0.15, -0.1) is 0 Å². The molecule has 9 atom stereocenters. The number of hydrogen-bond acceptors (Lipinski definition) is 3. The average Bonchev–Trinajstić information content (AvgIpc) is 3.41. The summed E-state index contributed by atoms with van der Waals surface area (Å²) in [5.41, 5.74) is 2.46. The molecule has 3 heteroatoms. The number of hydrogen-bond donors (Lipinski definition) is 1. The molecule has 0 aromatic rings. The number of rotatable bonds is 20. The molecular weight excluding hydrogens is 588 g/mol. The summed E-state index contributed by atoms with van der Waals surface area (Å²) in [5.74, 6) is 5.18. The number of carbonyl (C=O) groups is 1. The van der Waals surface area contributed by atoms with Crippen molar-refractivity contribution in [1.29, 1.82) is 0 Å². The van der Waals surface area contributed by atoms with E-state index < -0.39 is 0 Å². The molecule has 4 aliphatic carbocycles. The van der Waals surface area contributed by atoms with Crippen molar-refractivity contribution in [2.75, 3.05) is 0 Å². The first kappa shape index (κ1) is 39.4. The maximum Gasteiger partial charge on any atom is 0.306 e. The minimum absolute atomic E-state index is 0.00846. The van der Waals surface area contributed by atoms with Crippen LogP contribution in [0.15, 0.2) is 36.0 Å². The van der Waals surface area contributed by atoms with Crippen LogP contribution in [-0.2, 0) is 9.53 Å². The monoisotopic (exact) mass is 665 g/mol. The third-order valence-corrected chi connectivity index (χ3v) is 14.0. The van der Waals surface area contributed by atoms with Gasteiger partial charge in [0.25, 0.3) is 0 Å². The van der Waals surface area contributed by atoms with E-state index in [9.17, 15) is 9.90 Å². The Morgan fingerprint density at radius 1 is 0.896 bits per heavy atom. The fraction of sp³-hybridized carbons (Fsp3) is 0.844. The first-order chi connectivity index (χ1) is 23.1. The molecule has 0 bridgehead atoms. The molecule has 0 heterocycles. The van der Waals surface area contributed by atoms with Crippen molar-refractivity contribution in [3.63, 3.8) is 0 Å². The standard InChI is InChI=1S/C45H76O3/c1-7-8-9-10-11-13-16-22-37(46)23-17-14-12-15-18-24-43(47)48-38-29-31-44(5)36(33-38)25-26-39-41-28-27-40(35(4)21-19-20-34(2)3)45(41,6)32-30-42(39)44/h11,13,16,22,25,34-35,37-42,46H,7-10,12,14-15,17-21,23-24,26-33H2,1-6H3/b13-11+,22-16+/t35-,37-,38+,39+,40-,41+,42+,44+,45-/m1/s1. The summed E-state index contributed by atoms with van der Waals surface area (Å²) in [6.07, 6.45) is 36.4. The van der Waals surface area contributed by atoms with Crippen LogP contribution in [0.1, 0.15) is 183 Å². The van der Waals surface area contributed by atoms with Gasteiger partial charge in [-0.05, 0) is 117 Å². The van der Waals surface area contributed by atoms with Crippen LogP contribution in [-0.4, -0.2) is 23.3 Å². The van der Waals surface area contributed by atoms with E-state index >= 15 is 0 Å². The Labute approximate surface area is 297 Å². The normalized spacial score (nSPS) is 33.0. The molecule has 0 aromatic carbocycles. The van der Waals surface area contributed by atoms with Crippen LogP contribution < -0.4 is 0 Å². The zero-order valence-electron chi connectivity index (χ0n) is 32.3. The lowest BCUT2D eigenvalue weighted by atomic mass is 9.47. The van der Waals surface area contributed by atoms with Crippen molar-refractivity contribution >= 4 is 5.97 Å². The number of ether oxygens (including phenoxy) is 1. The van der Waals surface area contributed by atoms with Crippen molar-refractivity contribution < 1.29 is 14.6 Å². The van der Waals surface area contributed by atoms with Gasteiger partial charge in [-0.25, -0.2) is 0 Å². The van der Waals surface area contributed by atoms with Crippen LogP contribution in [0.5, 0.6) is 0 Å². The van der Waals surface area contributed by atoms with Crippen LogP contribution in [0.2, 0.25) is 0 Å². The van der Waals surface area contributed by atoms with E-state index in [0.717, 1.165) is 93.3 Å². The summed E-state index contributed by atoms with van der Waals surface area (Å²) in [6, 6.07) is 0. The second kappa shape index (κ2) is 19.3. The summed E-state index contributed by atoms with van der Waals surface area (Å²) in [4.78, 5) is 12.8. The molecule has 3 fully saturated rings. The smallest absolute Gasteiger partial charge is 0.306 e. The Bertz CT molecular complexity index is 1050. The van der Waals surface area contributed by atoms with Gasteiger partial charge in [-0.1, -0.05) is 135 Å². The SMILES string of the molecule is CCCCC/C=C/C=C/[C@@H](O)CCCCCCCC(=O)O[C@H]1CC[C@@]2(C)C(=CC[C@H]3[C@@H]4CC[C@H]([C@H](C)CCCC(C)C)[C@@]4(C)CC[C@@H]32)C1. The van der Waals surface area contributed by atoms with Gasteiger partial charge in [0.2, 0.25) is 0 Å². The number of aliphatic hydroxyl groups excluding tert-OH is 1. The molecule has 0 radical (unpaired) electrons. The van der Waals surface area contributed by atoms with E-state index in [2.05, 4.69) is 59.8 Å². The van der Waals surface area contributed by atoms with Crippen molar-refractivity contribution in [2.45, 2.75) is 195 Å². The van der Waals surface area contributed by atoms with E-state index in [0.29, 0.717) is 17.3 Å². The molecule has 1 N–H and O–H groups in total. The third kappa shape index (κ3) is 10.6. The van der Waals surface area contributed by atoms with Crippen LogP contribution in [0.3, 0.4) is 0 Å². The van der Waals surface area contributed by atoms with Gasteiger partial charge in [0.1, 0.15) is 6.10 Å². The first-order valence-corrected chi connectivity index (χ1v) is 21.0. The molecule has 48 heavy (non-hydrogen) atoms. The molecule has 3 saturated carbocycles. The highest BCUT2D eigenvalue weighted by atomic mass is 16.5. The molecule has 3 nitrogen and oxygen atoms in total. The van der Waals surface area contributed by atoms with Crippen LogP contribution in [0.25, 0.3) is 0 Å². The topological polar surface area (TPSA) is 46.5 Å². The minimum atomic E-state index is -0.353. The number of fused-ring (bicyclic) bond motifs is 5. The number of unbranched alkanes of at least 4 members (excludes halogenated alkanes) is 7. The van der Waals surface area contributed by atoms with Gasteiger partial charge < -0.3 is 9.84 Å². The third-order valence-electron chi connectivity index (χ3n) is 14.0. The number of aliphatic hydroxyl groups is 1. The second-order valence-corrected chi connectivity index (χ2v) is 17.8. The highest BCUT2D eigenvalue weighted by molar-refractivity contribution is 5.69. The summed E-state index contributed by atoms with van der Waals surface area (Å²) < 4.78 is 6.10. The van der Waals surface area contributed by atoms with E-state index in [-0.39, 0.29) is 18.2 Å². The summed E-state index contributed by atoms with van der Waals surface area (Å²) in [6.45, 7) is 14.8. The van der Waals surface area contributed by atoms with E-state index in [1.165, 1.54) is 77.0 Å². The van der Waals surface area contributed by atoms with Gasteiger partial charge in [0.05, 0.1) is 6.10 Å². The highest BCUT2D eigenvalue weighted by Crippen LogP contribution is 2.67. The molecule has 0 amide bonds. The lowest BCUT2D eigenvalue weighted by Gasteiger charge is -2.58. The maximum atomic E-state index is 12.8. The van der Waals surface area contributed by atoms with Gasteiger partial charge in [0, 0.05) is 12.8 Å². The lowest BCUT2D eigenvalue weighted by molar-refractivity contribution is -0.151. The Morgan fingerprint density at radius 2 is 1.69 bits per heavy atom. The Hall–Kier alpha value is -1.35. The Balaban J connectivity index is 1.13. The predicted molar refractivity (Wildman–Crippen MR) is 204 cm³/mol. The van der Waals surface area contributed by atoms with Crippen molar-refractivity contribution in [3.8, 4) is 0 Å². The van der Waals surface area contributed by atoms with Gasteiger partial charge >= 0.3 is 5.97 Å². The Kier molecular flexibility index (Phi) is 15.9. The highest BCUT2D eigenvalue weighted by Gasteiger charge is 2.59. The van der Waals surface area contributed by atoms with Gasteiger partial charge in [-0.3, -0.25) is 4.79 Å². The van der Waals surface area contributed by atoms with Crippen LogP contribution in [0.4, 0.5) is 0 Å². The quantitative estimate of drug-likeness (QED) is 0.0610. The van der Waals surface area contributed by atoms with E-state index in [1.807, 2.05) is 12.2 Å². The number of esters is 1. The number of carbonyl (C=O) groups excluding carboxylic acids is 1. The largest absolute Gasteiger partial charge is 0.462 e. The molecule has 0 aromatic heterocycles. The maximum absolute atomic E-state index is 12.8. The first-order valence-electron chi connectivity index (χ1n) is 21.0. The predicted octanol–water partition coefficient (Wildman–Crippen LogP) is 12.7. The van der Waals surface area contributed by atoms with Crippen molar-refractivity contribution in [1.82, 2.24) is 0 Å². The molecular formula is C45H76O3.